The molecule has 0 atom stereocenters. The number of nitrogens with zero attached hydrogens (tertiary/aromatic N) is 1. The number of para-hydroxylation sites is 1. The van der Waals surface area contributed by atoms with Crippen LogP contribution in [0.3, 0.4) is 0 Å². The van der Waals surface area contributed by atoms with E-state index in [4.69, 9.17) is 16.3 Å². The summed E-state index contributed by atoms with van der Waals surface area (Å²) in [6, 6.07) is 10.0. The molecule has 0 fully saturated rings. The summed E-state index contributed by atoms with van der Waals surface area (Å²) in [4.78, 5) is 3.85. The molecular formula is C14H15ClN2O3S. The Morgan fingerprint density at radius 2 is 2.00 bits per heavy atom. The van der Waals surface area contributed by atoms with Gasteiger partial charge in [0, 0.05) is 13.3 Å². The van der Waals surface area contributed by atoms with Crippen molar-refractivity contribution in [1.29, 1.82) is 0 Å². The van der Waals surface area contributed by atoms with Crippen molar-refractivity contribution in [3.05, 3.63) is 53.3 Å². The molecule has 7 heteroatoms. The highest BCUT2D eigenvalue weighted by Crippen LogP contribution is 2.20. The molecule has 0 aliphatic rings. The number of hydrogen-bond acceptors (Lipinski definition) is 4. The average Bonchev–Trinajstić information content (AvgIpc) is 2.46. The Hall–Kier alpha value is -1.63. The molecule has 1 heterocycles. The molecule has 1 aromatic heterocycles. The van der Waals surface area contributed by atoms with E-state index in [-0.39, 0.29) is 10.0 Å². The molecule has 5 nitrogen and oxygen atoms in total. The third-order valence-electron chi connectivity index (χ3n) is 2.85. The quantitative estimate of drug-likeness (QED) is 0.829. The summed E-state index contributed by atoms with van der Waals surface area (Å²) in [5, 5.41) is 0.245. The zero-order chi connectivity index (χ0) is 15.3. The fourth-order valence-electron chi connectivity index (χ4n) is 1.77. The van der Waals surface area contributed by atoms with Crippen LogP contribution in [0, 0.1) is 0 Å². The summed E-state index contributed by atoms with van der Waals surface area (Å²) in [6.07, 6.45) is 1.84. The minimum absolute atomic E-state index is 0.0634. The molecule has 0 spiro atoms. The summed E-state index contributed by atoms with van der Waals surface area (Å²) in [6.45, 7) is 0.515. The number of methoxy groups -OCH3 is 1. The lowest BCUT2D eigenvalue weighted by molar-refractivity contribution is 0.202. The molecule has 0 unspecified atom stereocenters. The summed E-state index contributed by atoms with van der Waals surface area (Å²) in [5.41, 5.74) is 1.40. The van der Waals surface area contributed by atoms with Gasteiger partial charge in [-0.1, -0.05) is 29.8 Å². The smallest absolute Gasteiger partial charge is 0.263 e. The van der Waals surface area contributed by atoms with Crippen LogP contribution in [0.5, 0.6) is 0 Å². The predicted molar refractivity (Wildman–Crippen MR) is 82.1 cm³/mol. The Balaban J connectivity index is 2.26. The van der Waals surface area contributed by atoms with Gasteiger partial charge >= 0.3 is 0 Å². The molecule has 0 aliphatic heterocycles. The van der Waals surface area contributed by atoms with Crippen molar-refractivity contribution < 1.29 is 13.2 Å². The minimum Gasteiger partial charge on any atom is -0.384 e. The van der Waals surface area contributed by atoms with Crippen LogP contribution in [0.1, 0.15) is 5.56 Å². The number of ether oxygens (including phenoxy) is 1. The van der Waals surface area contributed by atoms with E-state index < -0.39 is 10.0 Å². The highest BCUT2D eigenvalue weighted by atomic mass is 35.5. The van der Waals surface area contributed by atoms with Crippen molar-refractivity contribution in [3.8, 4) is 0 Å². The first-order valence-corrected chi connectivity index (χ1v) is 8.10. The average molecular weight is 327 g/mol. The zero-order valence-electron chi connectivity index (χ0n) is 11.4. The fourth-order valence-corrected chi connectivity index (χ4v) is 2.93. The van der Waals surface area contributed by atoms with Gasteiger partial charge in [0.15, 0.2) is 0 Å². The van der Waals surface area contributed by atoms with Gasteiger partial charge in [0.05, 0.1) is 12.3 Å². The van der Waals surface area contributed by atoms with Crippen molar-refractivity contribution in [2.24, 2.45) is 0 Å². The lowest BCUT2D eigenvalue weighted by atomic mass is 10.1. The van der Waals surface area contributed by atoms with Crippen LogP contribution >= 0.6 is 11.6 Å². The van der Waals surface area contributed by atoms with Crippen LogP contribution < -0.4 is 4.72 Å². The van der Waals surface area contributed by atoms with Crippen molar-refractivity contribution in [2.45, 2.75) is 11.3 Å². The maximum atomic E-state index is 12.3. The summed E-state index contributed by atoms with van der Waals surface area (Å²) < 4.78 is 32.2. The molecule has 1 N–H and O–H groups in total. The van der Waals surface area contributed by atoms with Gasteiger partial charge < -0.3 is 4.74 Å². The predicted octanol–water partition coefficient (Wildman–Crippen LogP) is 2.72. The standard InChI is InChI=1S/C14H15ClN2O3S/c1-20-9-8-11-4-2-3-5-13(11)17-21(18,19)12-6-7-14(15)16-10-12/h2-7,10,17H,8-9H2,1H3. The van der Waals surface area contributed by atoms with Crippen LogP contribution in [-0.2, 0) is 21.2 Å². The topological polar surface area (TPSA) is 68.3 Å². The second-order valence-electron chi connectivity index (χ2n) is 4.32. The first-order valence-electron chi connectivity index (χ1n) is 6.24. The monoisotopic (exact) mass is 326 g/mol. The first-order chi connectivity index (χ1) is 10.0. The van der Waals surface area contributed by atoms with E-state index in [9.17, 15) is 8.42 Å². The highest BCUT2D eigenvalue weighted by Gasteiger charge is 2.16. The maximum Gasteiger partial charge on any atom is 0.263 e. The van der Waals surface area contributed by atoms with Gasteiger partial charge in [-0.15, -0.1) is 0 Å². The Bertz CT molecular complexity index is 702. The van der Waals surface area contributed by atoms with E-state index in [1.165, 1.54) is 18.3 Å². The number of anilines is 1. The molecule has 1 aromatic carbocycles. The van der Waals surface area contributed by atoms with E-state index in [1.54, 1.807) is 19.2 Å². The van der Waals surface area contributed by atoms with Crippen molar-refractivity contribution >= 4 is 27.3 Å². The normalized spacial score (nSPS) is 11.3. The molecule has 112 valence electrons. The van der Waals surface area contributed by atoms with E-state index in [1.807, 2.05) is 12.1 Å². The molecule has 0 radical (unpaired) electrons. The number of benzene rings is 1. The van der Waals surface area contributed by atoms with Crippen LogP contribution in [-0.4, -0.2) is 27.1 Å². The minimum atomic E-state index is -3.69. The molecule has 0 saturated heterocycles. The number of aromatic nitrogens is 1. The van der Waals surface area contributed by atoms with Gasteiger partial charge in [-0.3, -0.25) is 4.72 Å². The SMILES string of the molecule is COCCc1ccccc1NS(=O)(=O)c1ccc(Cl)nc1. The number of rotatable bonds is 6. The highest BCUT2D eigenvalue weighted by molar-refractivity contribution is 7.92. The summed E-state index contributed by atoms with van der Waals surface area (Å²) in [7, 11) is -2.09. The second-order valence-corrected chi connectivity index (χ2v) is 6.39. The Kier molecular flexibility index (Phi) is 5.17. The lowest BCUT2D eigenvalue weighted by Crippen LogP contribution is -2.14. The van der Waals surface area contributed by atoms with Crippen LogP contribution in [0.4, 0.5) is 5.69 Å². The van der Waals surface area contributed by atoms with Gasteiger partial charge in [0.2, 0.25) is 0 Å². The number of pyridine rings is 1. The summed E-state index contributed by atoms with van der Waals surface area (Å²) in [5.74, 6) is 0. The molecule has 0 bridgehead atoms. The molecule has 0 saturated carbocycles. The van der Waals surface area contributed by atoms with Crippen molar-refractivity contribution in [1.82, 2.24) is 4.98 Å². The third kappa shape index (κ3) is 4.17. The number of halogens is 1. The van der Waals surface area contributed by atoms with Crippen molar-refractivity contribution in [3.63, 3.8) is 0 Å². The van der Waals surface area contributed by atoms with Gasteiger partial charge in [-0.25, -0.2) is 13.4 Å². The van der Waals surface area contributed by atoms with Crippen molar-refractivity contribution in [2.75, 3.05) is 18.4 Å². The van der Waals surface area contributed by atoms with E-state index in [0.717, 1.165) is 5.56 Å². The second kappa shape index (κ2) is 6.89. The molecule has 2 aromatic rings. The Labute approximate surface area is 129 Å². The Morgan fingerprint density at radius 1 is 1.24 bits per heavy atom. The first kappa shape index (κ1) is 15.8. The third-order valence-corrected chi connectivity index (χ3v) is 4.42. The van der Waals surface area contributed by atoms with Gasteiger partial charge in [-0.2, -0.15) is 0 Å². The van der Waals surface area contributed by atoms with Crippen LogP contribution in [0.2, 0.25) is 5.15 Å². The van der Waals surface area contributed by atoms with Gasteiger partial charge in [0.25, 0.3) is 10.0 Å². The zero-order valence-corrected chi connectivity index (χ0v) is 13.0. The fraction of sp³-hybridized carbons (Fsp3) is 0.214. The maximum absolute atomic E-state index is 12.3. The summed E-state index contributed by atoms with van der Waals surface area (Å²) >= 11 is 5.66. The van der Waals surface area contributed by atoms with E-state index >= 15 is 0 Å². The van der Waals surface area contributed by atoms with E-state index in [2.05, 4.69) is 9.71 Å². The van der Waals surface area contributed by atoms with Crippen LogP contribution in [0.25, 0.3) is 0 Å². The molecule has 2 rings (SSSR count). The van der Waals surface area contributed by atoms with Gasteiger partial charge in [0.1, 0.15) is 10.0 Å². The number of sulfonamides is 1. The number of hydrogen-bond donors (Lipinski definition) is 1. The van der Waals surface area contributed by atoms with E-state index in [0.29, 0.717) is 18.7 Å². The van der Waals surface area contributed by atoms with Crippen LogP contribution in [0.15, 0.2) is 47.5 Å². The Morgan fingerprint density at radius 3 is 2.67 bits per heavy atom. The van der Waals surface area contributed by atoms with Gasteiger partial charge in [-0.05, 0) is 30.2 Å². The largest absolute Gasteiger partial charge is 0.384 e. The molecule has 0 amide bonds. The lowest BCUT2D eigenvalue weighted by Gasteiger charge is -2.12. The number of nitrogens with one attached hydrogen (secondary N) is 1. The molecular weight excluding hydrogens is 312 g/mol. The molecule has 0 aliphatic carbocycles. The molecule has 21 heavy (non-hydrogen) atoms.